The van der Waals surface area contributed by atoms with Crippen molar-refractivity contribution in [3.63, 3.8) is 0 Å². The van der Waals surface area contributed by atoms with Crippen LogP contribution in [0.25, 0.3) is 0 Å². The predicted octanol–water partition coefficient (Wildman–Crippen LogP) is 2.10. The molecule has 0 saturated heterocycles. The van der Waals surface area contributed by atoms with Gasteiger partial charge in [-0.25, -0.2) is 4.79 Å². The second-order valence-corrected chi connectivity index (χ2v) is 4.75. The van der Waals surface area contributed by atoms with Gasteiger partial charge in [-0.1, -0.05) is 0 Å². The summed E-state index contributed by atoms with van der Waals surface area (Å²) in [5.74, 6) is -0.349. The molecule has 2 rings (SSSR count). The minimum Gasteiger partial charge on any atom is -0.462 e. The van der Waals surface area contributed by atoms with Crippen LogP contribution < -0.4 is 11.1 Å². The van der Waals surface area contributed by atoms with Crippen LogP contribution in [0.15, 0.2) is 24.4 Å². The molecule has 3 N–H and O–H groups in total. The molecule has 0 unspecified atom stereocenters. The lowest BCUT2D eigenvalue weighted by atomic mass is 10.1. The number of anilines is 2. The number of hydrogen-bond acceptors (Lipinski definition) is 5. The molecule has 21 heavy (non-hydrogen) atoms. The second-order valence-electron chi connectivity index (χ2n) is 4.75. The lowest BCUT2D eigenvalue weighted by Crippen LogP contribution is -2.08. The highest BCUT2D eigenvalue weighted by atomic mass is 16.5. The molecule has 0 amide bonds. The van der Waals surface area contributed by atoms with Crippen molar-refractivity contribution in [2.45, 2.75) is 20.4 Å². The topological polar surface area (TPSA) is 82.2 Å². The Hall–Kier alpha value is -2.50. The molecule has 0 fully saturated rings. The molecule has 6 nitrogen and oxygen atoms in total. The normalized spacial score (nSPS) is 10.4. The number of nitrogen functional groups attached to an aromatic ring is 1. The molecular weight excluding hydrogens is 268 g/mol. The lowest BCUT2D eigenvalue weighted by molar-refractivity contribution is 0.0526. The molecule has 0 saturated carbocycles. The smallest absolute Gasteiger partial charge is 0.338 e. The highest BCUT2D eigenvalue weighted by molar-refractivity contribution is 5.92. The Kier molecular flexibility index (Phi) is 4.47. The Morgan fingerprint density at radius 2 is 2.24 bits per heavy atom. The fraction of sp³-hybridized carbons (Fsp3) is 0.333. The van der Waals surface area contributed by atoms with Crippen LogP contribution in [-0.2, 0) is 18.3 Å². The third kappa shape index (κ3) is 3.34. The standard InChI is InChI=1S/C15H20N4O2/c1-4-21-15(20)11-5-6-13(16)14(7-11)17-8-12-9-18-19(3)10(12)2/h5-7,9,17H,4,8,16H2,1-3H3. The van der Waals surface area contributed by atoms with Crippen molar-refractivity contribution in [1.29, 1.82) is 0 Å². The Balaban J connectivity index is 2.14. The number of esters is 1. The van der Waals surface area contributed by atoms with Gasteiger partial charge < -0.3 is 15.8 Å². The quantitative estimate of drug-likeness (QED) is 0.650. The maximum atomic E-state index is 11.7. The summed E-state index contributed by atoms with van der Waals surface area (Å²) in [5, 5.41) is 7.43. The van der Waals surface area contributed by atoms with E-state index in [1.54, 1.807) is 25.1 Å². The van der Waals surface area contributed by atoms with E-state index < -0.39 is 0 Å². The number of carbonyl (C=O) groups is 1. The molecule has 112 valence electrons. The van der Waals surface area contributed by atoms with Crippen LogP contribution in [0.1, 0.15) is 28.5 Å². The van der Waals surface area contributed by atoms with Crippen LogP contribution >= 0.6 is 0 Å². The zero-order chi connectivity index (χ0) is 15.4. The van der Waals surface area contributed by atoms with Crippen LogP contribution in [0.5, 0.6) is 0 Å². The summed E-state index contributed by atoms with van der Waals surface area (Å²) in [6, 6.07) is 5.07. The van der Waals surface area contributed by atoms with Crippen molar-refractivity contribution in [3.8, 4) is 0 Å². The zero-order valence-electron chi connectivity index (χ0n) is 12.5. The first-order valence-electron chi connectivity index (χ1n) is 6.81. The summed E-state index contributed by atoms with van der Waals surface area (Å²) >= 11 is 0. The number of carbonyl (C=O) groups excluding carboxylic acids is 1. The number of ether oxygens (including phenoxy) is 1. The fourth-order valence-corrected chi connectivity index (χ4v) is 1.96. The molecule has 0 radical (unpaired) electrons. The molecular formula is C15H20N4O2. The Labute approximate surface area is 123 Å². The van der Waals surface area contributed by atoms with Gasteiger partial charge >= 0.3 is 5.97 Å². The molecule has 0 aliphatic rings. The van der Waals surface area contributed by atoms with Gasteiger partial charge in [-0.05, 0) is 32.0 Å². The molecule has 0 aliphatic carbocycles. The number of rotatable bonds is 5. The summed E-state index contributed by atoms with van der Waals surface area (Å²) < 4.78 is 6.80. The number of aromatic nitrogens is 2. The average Bonchev–Trinajstić information content (AvgIpc) is 2.78. The van der Waals surface area contributed by atoms with Crippen molar-refractivity contribution in [1.82, 2.24) is 9.78 Å². The highest BCUT2D eigenvalue weighted by Crippen LogP contribution is 2.22. The Bertz CT molecular complexity index is 649. The third-order valence-corrected chi connectivity index (χ3v) is 3.37. The number of nitrogens with one attached hydrogen (secondary N) is 1. The van der Waals surface area contributed by atoms with Gasteiger partial charge in [0, 0.05) is 24.8 Å². The van der Waals surface area contributed by atoms with Gasteiger partial charge in [0.15, 0.2) is 0 Å². The lowest BCUT2D eigenvalue weighted by Gasteiger charge is -2.11. The van der Waals surface area contributed by atoms with E-state index in [9.17, 15) is 4.79 Å². The van der Waals surface area contributed by atoms with Crippen molar-refractivity contribution in [2.75, 3.05) is 17.7 Å². The average molecular weight is 288 g/mol. The van der Waals surface area contributed by atoms with Crippen molar-refractivity contribution < 1.29 is 9.53 Å². The first kappa shape index (κ1) is 14.9. The van der Waals surface area contributed by atoms with Gasteiger partial charge in [0.05, 0.1) is 29.7 Å². The van der Waals surface area contributed by atoms with Gasteiger partial charge in [-0.2, -0.15) is 5.10 Å². The van der Waals surface area contributed by atoms with Crippen LogP contribution in [0.3, 0.4) is 0 Å². The van der Waals surface area contributed by atoms with Crippen molar-refractivity contribution in [3.05, 3.63) is 41.2 Å². The SMILES string of the molecule is CCOC(=O)c1ccc(N)c(NCc2cnn(C)c2C)c1. The van der Waals surface area contributed by atoms with E-state index >= 15 is 0 Å². The molecule has 6 heteroatoms. The van der Waals surface area contributed by atoms with E-state index in [1.807, 2.05) is 24.9 Å². The molecule has 0 spiro atoms. The molecule has 1 aromatic heterocycles. The number of nitrogens with two attached hydrogens (primary N) is 1. The molecule has 1 heterocycles. The summed E-state index contributed by atoms with van der Waals surface area (Å²) in [5.41, 5.74) is 9.89. The van der Waals surface area contributed by atoms with E-state index in [-0.39, 0.29) is 5.97 Å². The summed E-state index contributed by atoms with van der Waals surface area (Å²) in [6.07, 6.45) is 1.81. The monoisotopic (exact) mass is 288 g/mol. The Morgan fingerprint density at radius 3 is 2.86 bits per heavy atom. The highest BCUT2D eigenvalue weighted by Gasteiger charge is 2.10. The van der Waals surface area contributed by atoms with E-state index in [2.05, 4.69) is 10.4 Å². The third-order valence-electron chi connectivity index (χ3n) is 3.37. The maximum absolute atomic E-state index is 11.7. The molecule has 0 atom stereocenters. The minimum atomic E-state index is -0.349. The van der Waals surface area contributed by atoms with Gasteiger partial charge in [-0.15, -0.1) is 0 Å². The van der Waals surface area contributed by atoms with Crippen molar-refractivity contribution in [2.24, 2.45) is 7.05 Å². The molecule has 0 aliphatic heterocycles. The first-order valence-corrected chi connectivity index (χ1v) is 6.81. The molecule has 1 aromatic carbocycles. The maximum Gasteiger partial charge on any atom is 0.338 e. The second kappa shape index (κ2) is 6.30. The van der Waals surface area contributed by atoms with E-state index in [0.717, 1.165) is 11.3 Å². The van der Waals surface area contributed by atoms with Gasteiger partial charge in [0.2, 0.25) is 0 Å². The first-order chi connectivity index (χ1) is 10.0. The van der Waals surface area contributed by atoms with Gasteiger partial charge in [-0.3, -0.25) is 4.68 Å². The van der Waals surface area contributed by atoms with Gasteiger partial charge in [0.25, 0.3) is 0 Å². The van der Waals surface area contributed by atoms with E-state index in [1.165, 1.54) is 0 Å². The van der Waals surface area contributed by atoms with Crippen LogP contribution in [0, 0.1) is 6.92 Å². The zero-order valence-corrected chi connectivity index (χ0v) is 12.5. The number of hydrogen-bond donors (Lipinski definition) is 2. The predicted molar refractivity (Wildman–Crippen MR) is 82.1 cm³/mol. The molecule has 2 aromatic rings. The fourth-order valence-electron chi connectivity index (χ4n) is 1.96. The van der Waals surface area contributed by atoms with Crippen molar-refractivity contribution >= 4 is 17.3 Å². The minimum absolute atomic E-state index is 0.348. The van der Waals surface area contributed by atoms with Crippen LogP contribution in [0.4, 0.5) is 11.4 Å². The largest absolute Gasteiger partial charge is 0.462 e. The van der Waals surface area contributed by atoms with E-state index in [0.29, 0.717) is 30.1 Å². The summed E-state index contributed by atoms with van der Waals surface area (Å²) in [7, 11) is 1.90. The van der Waals surface area contributed by atoms with Crippen LogP contribution in [-0.4, -0.2) is 22.4 Å². The summed E-state index contributed by atoms with van der Waals surface area (Å²) in [4.78, 5) is 11.7. The van der Waals surface area contributed by atoms with E-state index in [4.69, 9.17) is 10.5 Å². The number of nitrogens with zero attached hydrogens (tertiary/aromatic N) is 2. The van der Waals surface area contributed by atoms with Gasteiger partial charge in [0.1, 0.15) is 0 Å². The van der Waals surface area contributed by atoms with Crippen LogP contribution in [0.2, 0.25) is 0 Å². The number of aryl methyl sites for hydroxylation is 1. The summed E-state index contributed by atoms with van der Waals surface area (Å²) in [6.45, 7) is 4.72. The number of benzene rings is 1. The Morgan fingerprint density at radius 1 is 1.48 bits per heavy atom. The molecule has 0 bridgehead atoms.